The molecular formula is C22H20BrClN2O3S. The van der Waals surface area contributed by atoms with Gasteiger partial charge >= 0.3 is 0 Å². The zero-order chi connectivity index (χ0) is 21.7. The molecule has 0 aromatic heterocycles. The number of anilines is 1. The van der Waals surface area contributed by atoms with E-state index in [0.717, 1.165) is 15.6 Å². The second-order valence-electron chi connectivity index (χ2n) is 6.77. The first-order valence-electron chi connectivity index (χ1n) is 9.13. The number of rotatable bonds is 7. The molecule has 0 unspecified atom stereocenters. The second-order valence-corrected chi connectivity index (χ2v) is 9.83. The molecule has 2 N–H and O–H groups in total. The molecule has 0 fully saturated rings. The van der Waals surface area contributed by atoms with E-state index < -0.39 is 22.0 Å². The molecule has 1 atom stereocenters. The summed E-state index contributed by atoms with van der Waals surface area (Å²) in [4.78, 5) is 13.1. The van der Waals surface area contributed by atoms with Crippen molar-refractivity contribution in [3.05, 3.63) is 93.4 Å². The zero-order valence-corrected chi connectivity index (χ0v) is 19.3. The van der Waals surface area contributed by atoms with Gasteiger partial charge in [-0.3, -0.25) is 4.79 Å². The highest BCUT2D eigenvalue weighted by molar-refractivity contribution is 9.10. The van der Waals surface area contributed by atoms with Gasteiger partial charge in [-0.05, 0) is 66.9 Å². The van der Waals surface area contributed by atoms with E-state index in [0.29, 0.717) is 10.7 Å². The van der Waals surface area contributed by atoms with Gasteiger partial charge in [0.15, 0.2) is 0 Å². The van der Waals surface area contributed by atoms with Crippen LogP contribution in [0.4, 0.5) is 5.69 Å². The molecule has 3 aromatic rings. The molecule has 30 heavy (non-hydrogen) atoms. The first-order chi connectivity index (χ1) is 14.2. The van der Waals surface area contributed by atoms with Crippen LogP contribution in [-0.4, -0.2) is 20.4 Å². The topological polar surface area (TPSA) is 75.3 Å². The van der Waals surface area contributed by atoms with E-state index >= 15 is 0 Å². The minimum atomic E-state index is -3.90. The summed E-state index contributed by atoms with van der Waals surface area (Å²) in [6.45, 7) is 1.82. The Morgan fingerprint density at radius 1 is 1.03 bits per heavy atom. The highest BCUT2D eigenvalue weighted by atomic mass is 79.9. The van der Waals surface area contributed by atoms with Crippen LogP contribution in [0.5, 0.6) is 0 Å². The SMILES string of the molecule is Cc1cc(Cl)ccc1NC(=O)[C@@H](Cc1ccccc1)NS(=O)(=O)c1ccc(Br)cc1. The Morgan fingerprint density at radius 2 is 1.70 bits per heavy atom. The van der Waals surface area contributed by atoms with Gasteiger partial charge in [0.05, 0.1) is 4.90 Å². The first kappa shape index (κ1) is 22.5. The zero-order valence-electron chi connectivity index (χ0n) is 16.1. The van der Waals surface area contributed by atoms with E-state index in [4.69, 9.17) is 11.6 Å². The molecule has 0 bridgehead atoms. The van der Waals surface area contributed by atoms with E-state index in [1.54, 1.807) is 30.3 Å². The number of amides is 1. The summed E-state index contributed by atoms with van der Waals surface area (Å²) in [5, 5.41) is 3.37. The number of carbonyl (C=O) groups is 1. The quantitative estimate of drug-likeness (QED) is 0.476. The maximum Gasteiger partial charge on any atom is 0.242 e. The first-order valence-corrected chi connectivity index (χ1v) is 11.8. The summed E-state index contributed by atoms with van der Waals surface area (Å²) >= 11 is 9.27. The Hall–Kier alpha value is -2.19. The minimum absolute atomic E-state index is 0.0826. The van der Waals surface area contributed by atoms with Gasteiger partial charge in [-0.1, -0.05) is 57.9 Å². The van der Waals surface area contributed by atoms with E-state index in [9.17, 15) is 13.2 Å². The minimum Gasteiger partial charge on any atom is -0.324 e. The number of nitrogens with one attached hydrogen (secondary N) is 2. The number of carbonyl (C=O) groups excluding carboxylic acids is 1. The predicted octanol–water partition coefficient (Wildman–Crippen LogP) is 4.94. The normalized spacial score (nSPS) is 12.4. The Morgan fingerprint density at radius 3 is 2.33 bits per heavy atom. The molecule has 0 aliphatic heterocycles. The van der Waals surface area contributed by atoms with Crippen LogP contribution in [-0.2, 0) is 21.2 Å². The summed E-state index contributed by atoms with van der Waals surface area (Å²) in [6.07, 6.45) is 0.203. The highest BCUT2D eigenvalue weighted by Gasteiger charge is 2.26. The maximum atomic E-state index is 13.0. The molecule has 3 aromatic carbocycles. The van der Waals surface area contributed by atoms with Crippen molar-refractivity contribution in [1.82, 2.24) is 4.72 Å². The number of hydrogen-bond acceptors (Lipinski definition) is 3. The lowest BCUT2D eigenvalue weighted by Gasteiger charge is -2.19. The third kappa shape index (κ3) is 5.92. The van der Waals surface area contributed by atoms with Crippen LogP contribution in [0.2, 0.25) is 5.02 Å². The van der Waals surface area contributed by atoms with Crippen LogP contribution in [0.3, 0.4) is 0 Å². The summed E-state index contributed by atoms with van der Waals surface area (Å²) in [5.74, 6) is -0.454. The Balaban J connectivity index is 1.87. The van der Waals surface area contributed by atoms with E-state index in [1.165, 1.54) is 12.1 Å². The van der Waals surface area contributed by atoms with Crippen LogP contribution in [0.1, 0.15) is 11.1 Å². The summed E-state index contributed by atoms with van der Waals surface area (Å²) in [7, 11) is -3.90. The van der Waals surface area contributed by atoms with Gasteiger partial charge in [0.1, 0.15) is 6.04 Å². The Labute approximate surface area is 189 Å². The van der Waals surface area contributed by atoms with Crippen LogP contribution >= 0.6 is 27.5 Å². The molecule has 0 aliphatic carbocycles. The van der Waals surface area contributed by atoms with Gasteiger partial charge in [0.2, 0.25) is 15.9 Å². The van der Waals surface area contributed by atoms with Gasteiger partial charge in [-0.25, -0.2) is 8.42 Å². The van der Waals surface area contributed by atoms with Crippen LogP contribution in [0, 0.1) is 6.92 Å². The van der Waals surface area contributed by atoms with Gasteiger partial charge in [-0.15, -0.1) is 0 Å². The van der Waals surface area contributed by atoms with Crippen molar-refractivity contribution in [2.45, 2.75) is 24.3 Å². The van der Waals surface area contributed by atoms with Gasteiger partial charge < -0.3 is 5.32 Å². The molecule has 0 spiro atoms. The van der Waals surface area contributed by atoms with Crippen molar-refractivity contribution in [2.24, 2.45) is 0 Å². The average Bonchev–Trinajstić information content (AvgIpc) is 2.70. The van der Waals surface area contributed by atoms with Crippen molar-refractivity contribution >= 4 is 49.1 Å². The molecule has 0 heterocycles. The van der Waals surface area contributed by atoms with Crippen molar-refractivity contribution < 1.29 is 13.2 Å². The van der Waals surface area contributed by atoms with Gasteiger partial charge in [-0.2, -0.15) is 4.72 Å². The largest absolute Gasteiger partial charge is 0.324 e. The third-order valence-electron chi connectivity index (χ3n) is 4.47. The molecule has 0 saturated carbocycles. The van der Waals surface area contributed by atoms with Crippen molar-refractivity contribution in [3.63, 3.8) is 0 Å². The van der Waals surface area contributed by atoms with Gasteiger partial charge in [0, 0.05) is 15.2 Å². The highest BCUT2D eigenvalue weighted by Crippen LogP contribution is 2.21. The molecule has 1 amide bonds. The van der Waals surface area contributed by atoms with E-state index in [1.807, 2.05) is 37.3 Å². The second kappa shape index (κ2) is 9.75. The molecule has 0 saturated heterocycles. The van der Waals surface area contributed by atoms with Gasteiger partial charge in [0.25, 0.3) is 0 Å². The number of sulfonamides is 1. The third-order valence-corrected chi connectivity index (χ3v) is 6.72. The lowest BCUT2D eigenvalue weighted by atomic mass is 10.1. The fraction of sp³-hybridized carbons (Fsp3) is 0.136. The molecule has 8 heteroatoms. The lowest BCUT2D eigenvalue weighted by molar-refractivity contribution is -0.117. The molecule has 0 aliphatic rings. The van der Waals surface area contributed by atoms with Crippen molar-refractivity contribution in [2.75, 3.05) is 5.32 Å². The van der Waals surface area contributed by atoms with Crippen molar-refractivity contribution in [1.29, 1.82) is 0 Å². The monoisotopic (exact) mass is 506 g/mol. The van der Waals surface area contributed by atoms with E-state index in [2.05, 4.69) is 26.0 Å². The van der Waals surface area contributed by atoms with Crippen LogP contribution < -0.4 is 10.0 Å². The summed E-state index contributed by atoms with van der Waals surface area (Å²) < 4.78 is 29.1. The molecule has 5 nitrogen and oxygen atoms in total. The summed E-state index contributed by atoms with van der Waals surface area (Å²) in [6, 6.07) is 19.6. The number of hydrogen-bond donors (Lipinski definition) is 2. The molecule has 3 rings (SSSR count). The van der Waals surface area contributed by atoms with Crippen molar-refractivity contribution in [3.8, 4) is 0 Å². The molecular weight excluding hydrogens is 488 g/mol. The van der Waals surface area contributed by atoms with Crippen LogP contribution in [0.15, 0.2) is 82.2 Å². The average molecular weight is 508 g/mol. The Bertz CT molecular complexity index is 1140. The molecule has 156 valence electrons. The lowest BCUT2D eigenvalue weighted by Crippen LogP contribution is -2.45. The number of aryl methyl sites for hydroxylation is 1. The van der Waals surface area contributed by atoms with Crippen LogP contribution in [0.25, 0.3) is 0 Å². The Kier molecular flexibility index (Phi) is 7.31. The maximum absolute atomic E-state index is 13.0. The molecule has 0 radical (unpaired) electrons. The number of benzene rings is 3. The fourth-order valence-electron chi connectivity index (χ4n) is 2.89. The summed E-state index contributed by atoms with van der Waals surface area (Å²) in [5.41, 5.74) is 2.19. The predicted molar refractivity (Wildman–Crippen MR) is 123 cm³/mol. The fourth-order valence-corrected chi connectivity index (χ4v) is 4.58. The smallest absolute Gasteiger partial charge is 0.242 e. The number of halogens is 2. The van der Waals surface area contributed by atoms with E-state index in [-0.39, 0.29) is 11.3 Å². The standard InChI is InChI=1S/C22H20BrClN2O3S/c1-15-13-18(24)9-12-20(15)25-22(27)21(14-16-5-3-2-4-6-16)26-30(28,29)19-10-7-17(23)8-11-19/h2-13,21,26H,14H2,1H3,(H,25,27)/t21-/m1/s1.